The van der Waals surface area contributed by atoms with Gasteiger partial charge < -0.3 is 14.2 Å². The van der Waals surface area contributed by atoms with Crippen LogP contribution in [0.5, 0.6) is 0 Å². The molecule has 6 nitrogen and oxygen atoms in total. The molecular formula is C54H96O6. The molecule has 0 aromatic rings. The highest BCUT2D eigenvalue weighted by molar-refractivity contribution is 5.71. The van der Waals surface area contributed by atoms with Gasteiger partial charge in [-0.05, 0) is 77.0 Å². The van der Waals surface area contributed by atoms with E-state index in [1.165, 1.54) is 135 Å². The van der Waals surface area contributed by atoms with Gasteiger partial charge in [-0.15, -0.1) is 0 Å². The summed E-state index contributed by atoms with van der Waals surface area (Å²) in [4.78, 5) is 37.9. The molecule has 0 aliphatic carbocycles. The Balaban J connectivity index is 4.40. The first-order valence-corrected chi connectivity index (χ1v) is 25.6. The second-order valence-electron chi connectivity index (χ2n) is 17.1. The van der Waals surface area contributed by atoms with Crippen molar-refractivity contribution in [2.24, 2.45) is 0 Å². The summed E-state index contributed by atoms with van der Waals surface area (Å²) in [5.41, 5.74) is 0. The molecule has 0 rings (SSSR count). The second kappa shape index (κ2) is 49.0. The predicted molar refractivity (Wildman–Crippen MR) is 256 cm³/mol. The lowest BCUT2D eigenvalue weighted by molar-refractivity contribution is -0.167. The molecule has 0 heterocycles. The Kier molecular flexibility index (Phi) is 46.9. The van der Waals surface area contributed by atoms with Gasteiger partial charge >= 0.3 is 17.9 Å². The smallest absolute Gasteiger partial charge is 0.306 e. The largest absolute Gasteiger partial charge is 0.462 e. The number of unbranched alkanes of at least 4 members (excludes halogenated alkanes) is 27. The molecule has 0 saturated carbocycles. The maximum absolute atomic E-state index is 12.8. The van der Waals surface area contributed by atoms with E-state index in [2.05, 4.69) is 69.4 Å². The van der Waals surface area contributed by atoms with Crippen molar-refractivity contribution in [2.75, 3.05) is 13.2 Å². The molecule has 60 heavy (non-hydrogen) atoms. The monoisotopic (exact) mass is 841 g/mol. The average molecular weight is 841 g/mol. The summed E-state index contributed by atoms with van der Waals surface area (Å²) in [7, 11) is 0. The highest BCUT2D eigenvalue weighted by atomic mass is 16.6. The molecule has 0 bridgehead atoms. The standard InChI is InChI=1S/C54H96O6/c1-4-7-10-13-16-19-22-25-27-28-30-32-35-38-41-44-47-53(56)59-50-51(49-58-52(55)46-43-40-37-34-31-24-21-18-15-12-9-6-3)60-54(57)48-45-42-39-36-33-29-26-23-20-17-14-11-8-5-2/h9,12,18,21,27-28,31,34,51H,4-8,10-11,13-17,19-20,22-26,29-30,32-33,35-50H2,1-3H3/b12-9-,21-18-,28-27-,34-31-. The zero-order valence-electron chi connectivity index (χ0n) is 39.7. The Morgan fingerprint density at radius 2 is 0.650 bits per heavy atom. The fourth-order valence-electron chi connectivity index (χ4n) is 7.22. The fraction of sp³-hybridized carbons (Fsp3) is 0.796. The summed E-state index contributed by atoms with van der Waals surface area (Å²) in [6, 6.07) is 0. The number of hydrogen-bond donors (Lipinski definition) is 0. The third kappa shape index (κ3) is 46.4. The molecule has 1 atom stereocenters. The highest BCUT2D eigenvalue weighted by Gasteiger charge is 2.19. The molecule has 0 aliphatic heterocycles. The minimum Gasteiger partial charge on any atom is -0.462 e. The second-order valence-corrected chi connectivity index (χ2v) is 17.1. The van der Waals surface area contributed by atoms with Gasteiger partial charge in [0.15, 0.2) is 6.10 Å². The van der Waals surface area contributed by atoms with Crippen LogP contribution < -0.4 is 0 Å². The van der Waals surface area contributed by atoms with Gasteiger partial charge in [0.25, 0.3) is 0 Å². The molecule has 0 fully saturated rings. The molecule has 0 spiro atoms. The van der Waals surface area contributed by atoms with Crippen LogP contribution in [0.2, 0.25) is 0 Å². The number of carbonyl (C=O) groups is 3. The van der Waals surface area contributed by atoms with Crippen molar-refractivity contribution in [1.82, 2.24) is 0 Å². The number of esters is 3. The first-order valence-electron chi connectivity index (χ1n) is 25.6. The number of rotatable bonds is 46. The Labute approximate surface area is 371 Å². The van der Waals surface area contributed by atoms with Gasteiger partial charge in [0.2, 0.25) is 0 Å². The maximum atomic E-state index is 12.8. The lowest BCUT2D eigenvalue weighted by atomic mass is 10.0. The van der Waals surface area contributed by atoms with Crippen molar-refractivity contribution >= 4 is 17.9 Å². The molecule has 0 radical (unpaired) electrons. The zero-order chi connectivity index (χ0) is 43.7. The molecule has 1 unspecified atom stereocenters. The van der Waals surface area contributed by atoms with Crippen molar-refractivity contribution < 1.29 is 28.6 Å². The van der Waals surface area contributed by atoms with Crippen molar-refractivity contribution in [1.29, 1.82) is 0 Å². The lowest BCUT2D eigenvalue weighted by Crippen LogP contribution is -2.30. The molecule has 6 heteroatoms. The third-order valence-electron chi connectivity index (χ3n) is 11.1. The topological polar surface area (TPSA) is 78.9 Å². The van der Waals surface area contributed by atoms with Gasteiger partial charge in [0, 0.05) is 19.3 Å². The molecule has 0 aromatic heterocycles. The summed E-state index contributed by atoms with van der Waals surface area (Å²) >= 11 is 0. The SMILES string of the molecule is CC/C=C\C/C=C\C/C=C\CCCCC(=O)OCC(COC(=O)CCCCCCC/C=C\CCCCCCCCC)OC(=O)CCCCCCCCCCCCCCCC. The van der Waals surface area contributed by atoms with Crippen molar-refractivity contribution in [3.8, 4) is 0 Å². The molecule has 0 amide bonds. The van der Waals surface area contributed by atoms with Crippen LogP contribution in [0.4, 0.5) is 0 Å². The summed E-state index contributed by atoms with van der Waals surface area (Å²) in [6.45, 7) is 6.49. The molecular weight excluding hydrogens is 745 g/mol. The minimum atomic E-state index is -0.788. The van der Waals surface area contributed by atoms with E-state index in [0.29, 0.717) is 19.3 Å². The first-order chi connectivity index (χ1) is 29.5. The Morgan fingerprint density at radius 1 is 0.350 bits per heavy atom. The van der Waals surface area contributed by atoms with E-state index in [9.17, 15) is 14.4 Å². The van der Waals surface area contributed by atoms with E-state index in [0.717, 1.165) is 83.5 Å². The number of hydrogen-bond acceptors (Lipinski definition) is 6. The molecule has 0 aromatic carbocycles. The maximum Gasteiger partial charge on any atom is 0.306 e. The van der Waals surface area contributed by atoms with Crippen LogP contribution in [0.3, 0.4) is 0 Å². The first kappa shape index (κ1) is 57.4. The van der Waals surface area contributed by atoms with E-state index >= 15 is 0 Å². The Bertz CT molecular complexity index is 1060. The van der Waals surface area contributed by atoms with Crippen LogP contribution in [-0.2, 0) is 28.6 Å². The van der Waals surface area contributed by atoms with Crippen LogP contribution in [0.25, 0.3) is 0 Å². The molecule has 0 N–H and O–H groups in total. The van der Waals surface area contributed by atoms with Gasteiger partial charge in [-0.3, -0.25) is 14.4 Å². The van der Waals surface area contributed by atoms with Gasteiger partial charge in [0.1, 0.15) is 13.2 Å². The summed E-state index contributed by atoms with van der Waals surface area (Å²) in [6.07, 6.45) is 58.1. The number of ether oxygens (including phenoxy) is 3. The predicted octanol–water partition coefficient (Wildman–Crippen LogP) is 16.7. The summed E-state index contributed by atoms with van der Waals surface area (Å²) < 4.78 is 16.7. The van der Waals surface area contributed by atoms with Crippen LogP contribution in [-0.4, -0.2) is 37.2 Å². The number of carbonyl (C=O) groups excluding carboxylic acids is 3. The van der Waals surface area contributed by atoms with Crippen molar-refractivity contribution in [2.45, 2.75) is 264 Å². The highest BCUT2D eigenvalue weighted by Crippen LogP contribution is 2.15. The normalized spacial score (nSPS) is 12.4. The van der Waals surface area contributed by atoms with Crippen LogP contribution in [0.1, 0.15) is 258 Å². The Morgan fingerprint density at radius 3 is 1.07 bits per heavy atom. The van der Waals surface area contributed by atoms with E-state index in [1.54, 1.807) is 0 Å². The molecule has 0 aliphatic rings. The van der Waals surface area contributed by atoms with E-state index in [4.69, 9.17) is 14.2 Å². The van der Waals surface area contributed by atoms with Crippen LogP contribution in [0, 0.1) is 0 Å². The van der Waals surface area contributed by atoms with Gasteiger partial charge in [0.05, 0.1) is 0 Å². The molecule has 348 valence electrons. The van der Waals surface area contributed by atoms with Gasteiger partial charge in [-0.25, -0.2) is 0 Å². The third-order valence-corrected chi connectivity index (χ3v) is 11.1. The summed E-state index contributed by atoms with van der Waals surface area (Å²) in [5, 5.41) is 0. The van der Waals surface area contributed by atoms with E-state index < -0.39 is 6.10 Å². The van der Waals surface area contributed by atoms with E-state index in [1.807, 2.05) is 0 Å². The van der Waals surface area contributed by atoms with Crippen molar-refractivity contribution in [3.05, 3.63) is 48.6 Å². The fourth-order valence-corrected chi connectivity index (χ4v) is 7.22. The van der Waals surface area contributed by atoms with Gasteiger partial charge in [-0.2, -0.15) is 0 Å². The van der Waals surface area contributed by atoms with Crippen molar-refractivity contribution in [3.63, 3.8) is 0 Å². The van der Waals surface area contributed by atoms with Gasteiger partial charge in [-0.1, -0.05) is 211 Å². The zero-order valence-corrected chi connectivity index (χ0v) is 39.7. The molecule has 0 saturated heterocycles. The van der Waals surface area contributed by atoms with Crippen LogP contribution in [0.15, 0.2) is 48.6 Å². The van der Waals surface area contributed by atoms with E-state index in [-0.39, 0.29) is 31.1 Å². The Hall–Kier alpha value is -2.63. The minimum absolute atomic E-state index is 0.0874. The summed E-state index contributed by atoms with van der Waals surface area (Å²) in [5.74, 6) is -0.928. The number of allylic oxidation sites excluding steroid dienone is 8. The lowest BCUT2D eigenvalue weighted by Gasteiger charge is -2.18. The quantitative estimate of drug-likeness (QED) is 0.0263. The average Bonchev–Trinajstić information content (AvgIpc) is 3.24. The van der Waals surface area contributed by atoms with Crippen LogP contribution >= 0.6 is 0 Å².